The number of para-hydroxylation sites is 2. The Balaban J connectivity index is 2.94. The third-order valence-electron chi connectivity index (χ3n) is 1.77. The number of nitrogens with two attached hydrogens (primary N) is 2. The van der Waals surface area contributed by atoms with E-state index in [2.05, 4.69) is 0 Å². The van der Waals surface area contributed by atoms with Crippen molar-refractivity contribution in [2.24, 2.45) is 5.84 Å². The van der Waals surface area contributed by atoms with Gasteiger partial charge in [0.15, 0.2) is 0 Å². The first-order valence-electron chi connectivity index (χ1n) is 4.01. The molecule has 1 aromatic rings. The van der Waals surface area contributed by atoms with E-state index in [9.17, 15) is 0 Å². The van der Waals surface area contributed by atoms with Crippen LogP contribution in [-0.4, -0.2) is 6.04 Å². The molecule has 0 atom stereocenters. The lowest BCUT2D eigenvalue weighted by molar-refractivity contribution is 0.712. The predicted molar refractivity (Wildman–Crippen MR) is 52.7 cm³/mol. The number of rotatable bonds is 2. The minimum Gasteiger partial charge on any atom is -0.397 e. The van der Waals surface area contributed by atoms with Gasteiger partial charge in [0, 0.05) is 6.04 Å². The molecule has 0 fully saturated rings. The number of benzene rings is 1. The van der Waals surface area contributed by atoms with Gasteiger partial charge in [0.05, 0.1) is 11.4 Å². The van der Waals surface area contributed by atoms with Crippen LogP contribution in [0.25, 0.3) is 0 Å². The molecule has 66 valence electrons. The molecular weight excluding hydrogens is 150 g/mol. The lowest BCUT2D eigenvalue weighted by Gasteiger charge is -2.24. The van der Waals surface area contributed by atoms with Crippen LogP contribution in [0.2, 0.25) is 0 Å². The summed E-state index contributed by atoms with van der Waals surface area (Å²) in [5, 5.41) is 1.66. The maximum absolute atomic E-state index is 5.79. The Morgan fingerprint density at radius 2 is 1.83 bits per heavy atom. The van der Waals surface area contributed by atoms with E-state index in [-0.39, 0.29) is 6.04 Å². The van der Waals surface area contributed by atoms with Crippen LogP contribution in [0.15, 0.2) is 24.3 Å². The summed E-state index contributed by atoms with van der Waals surface area (Å²) in [6, 6.07) is 7.84. The van der Waals surface area contributed by atoms with E-state index < -0.39 is 0 Å². The van der Waals surface area contributed by atoms with E-state index in [4.69, 9.17) is 11.6 Å². The molecule has 0 aromatic heterocycles. The van der Waals surface area contributed by atoms with Gasteiger partial charge in [-0.25, -0.2) is 5.84 Å². The number of anilines is 2. The van der Waals surface area contributed by atoms with Gasteiger partial charge in [0.2, 0.25) is 0 Å². The van der Waals surface area contributed by atoms with Crippen LogP contribution in [0, 0.1) is 0 Å². The van der Waals surface area contributed by atoms with Crippen LogP contribution in [0.1, 0.15) is 13.8 Å². The van der Waals surface area contributed by atoms with Gasteiger partial charge in [-0.2, -0.15) is 0 Å². The SMILES string of the molecule is CC(C)N(N)c1ccccc1N. The van der Waals surface area contributed by atoms with E-state index in [0.29, 0.717) is 5.69 Å². The smallest absolute Gasteiger partial charge is 0.0749 e. The maximum Gasteiger partial charge on any atom is 0.0749 e. The zero-order valence-corrected chi connectivity index (χ0v) is 7.49. The average Bonchev–Trinajstić information content (AvgIpc) is 2.04. The van der Waals surface area contributed by atoms with Gasteiger partial charge in [-0.3, -0.25) is 0 Å². The van der Waals surface area contributed by atoms with Gasteiger partial charge in [-0.1, -0.05) is 12.1 Å². The Bertz CT molecular complexity index is 258. The van der Waals surface area contributed by atoms with Crippen molar-refractivity contribution in [3.05, 3.63) is 24.3 Å². The highest BCUT2D eigenvalue weighted by Gasteiger charge is 2.07. The maximum atomic E-state index is 5.79. The van der Waals surface area contributed by atoms with Crippen LogP contribution in [0.3, 0.4) is 0 Å². The number of hydrogen-bond donors (Lipinski definition) is 2. The Morgan fingerprint density at radius 1 is 1.25 bits per heavy atom. The van der Waals surface area contributed by atoms with Crippen molar-refractivity contribution < 1.29 is 0 Å². The van der Waals surface area contributed by atoms with Crippen molar-refractivity contribution in [2.45, 2.75) is 19.9 Å². The van der Waals surface area contributed by atoms with Gasteiger partial charge >= 0.3 is 0 Å². The van der Waals surface area contributed by atoms with E-state index in [0.717, 1.165) is 5.69 Å². The van der Waals surface area contributed by atoms with Gasteiger partial charge in [-0.05, 0) is 26.0 Å². The second kappa shape index (κ2) is 3.45. The summed E-state index contributed by atoms with van der Waals surface area (Å²) >= 11 is 0. The molecule has 0 saturated heterocycles. The lowest BCUT2D eigenvalue weighted by Crippen LogP contribution is -2.37. The van der Waals surface area contributed by atoms with Crippen molar-refractivity contribution in [2.75, 3.05) is 10.7 Å². The third-order valence-corrected chi connectivity index (χ3v) is 1.77. The van der Waals surface area contributed by atoms with E-state index in [1.165, 1.54) is 0 Å². The van der Waals surface area contributed by atoms with E-state index >= 15 is 0 Å². The highest BCUT2D eigenvalue weighted by molar-refractivity contribution is 5.66. The van der Waals surface area contributed by atoms with Crippen LogP contribution in [0.5, 0.6) is 0 Å². The van der Waals surface area contributed by atoms with Crippen molar-refractivity contribution in [3.63, 3.8) is 0 Å². The molecule has 3 heteroatoms. The summed E-state index contributed by atoms with van der Waals surface area (Å²) in [5.74, 6) is 5.79. The molecule has 0 amide bonds. The monoisotopic (exact) mass is 165 g/mol. The van der Waals surface area contributed by atoms with E-state index in [1.54, 1.807) is 5.01 Å². The lowest BCUT2D eigenvalue weighted by atomic mass is 10.2. The summed E-state index contributed by atoms with van der Waals surface area (Å²) in [5.41, 5.74) is 7.34. The number of nitrogens with zero attached hydrogens (tertiary/aromatic N) is 1. The number of hydrazine groups is 1. The Morgan fingerprint density at radius 3 is 2.33 bits per heavy atom. The Hall–Kier alpha value is -1.22. The molecule has 3 nitrogen and oxygen atoms in total. The first-order chi connectivity index (χ1) is 5.63. The molecule has 0 spiro atoms. The van der Waals surface area contributed by atoms with Crippen molar-refractivity contribution in [3.8, 4) is 0 Å². The number of nitrogen functional groups attached to an aromatic ring is 1. The average molecular weight is 165 g/mol. The van der Waals surface area contributed by atoms with Gasteiger partial charge < -0.3 is 10.7 Å². The first-order valence-corrected chi connectivity index (χ1v) is 4.01. The Labute approximate surface area is 72.9 Å². The molecule has 0 saturated carbocycles. The molecule has 0 heterocycles. The molecule has 1 aromatic carbocycles. The van der Waals surface area contributed by atoms with Gasteiger partial charge in [0.25, 0.3) is 0 Å². The van der Waals surface area contributed by atoms with Crippen LogP contribution < -0.4 is 16.6 Å². The summed E-state index contributed by atoms with van der Waals surface area (Å²) in [6.07, 6.45) is 0. The highest BCUT2D eigenvalue weighted by atomic mass is 15.4. The quantitative estimate of drug-likeness (QED) is 0.395. The third kappa shape index (κ3) is 1.68. The fraction of sp³-hybridized carbons (Fsp3) is 0.333. The summed E-state index contributed by atoms with van der Waals surface area (Å²) < 4.78 is 0. The molecule has 1 rings (SSSR count). The molecule has 4 N–H and O–H groups in total. The van der Waals surface area contributed by atoms with Gasteiger partial charge in [-0.15, -0.1) is 0 Å². The van der Waals surface area contributed by atoms with E-state index in [1.807, 2.05) is 38.1 Å². The normalized spacial score (nSPS) is 10.3. The second-order valence-electron chi connectivity index (χ2n) is 3.06. The van der Waals surface area contributed by atoms with Crippen molar-refractivity contribution >= 4 is 11.4 Å². The molecule has 0 radical (unpaired) electrons. The molecule has 12 heavy (non-hydrogen) atoms. The van der Waals surface area contributed by atoms with Gasteiger partial charge in [0.1, 0.15) is 0 Å². The van der Waals surface area contributed by atoms with Crippen LogP contribution >= 0.6 is 0 Å². The topological polar surface area (TPSA) is 55.3 Å². The zero-order valence-electron chi connectivity index (χ0n) is 7.49. The minimum absolute atomic E-state index is 0.259. The van der Waals surface area contributed by atoms with Crippen LogP contribution in [-0.2, 0) is 0 Å². The summed E-state index contributed by atoms with van der Waals surface area (Å²) in [7, 11) is 0. The fourth-order valence-electron chi connectivity index (χ4n) is 1.00. The molecule has 0 aliphatic carbocycles. The Kier molecular flexibility index (Phi) is 2.55. The largest absolute Gasteiger partial charge is 0.397 e. The highest BCUT2D eigenvalue weighted by Crippen LogP contribution is 2.20. The number of hydrogen-bond acceptors (Lipinski definition) is 3. The fourth-order valence-corrected chi connectivity index (χ4v) is 1.00. The summed E-state index contributed by atoms with van der Waals surface area (Å²) in [4.78, 5) is 0. The molecule has 0 unspecified atom stereocenters. The molecule has 0 aliphatic rings. The second-order valence-corrected chi connectivity index (χ2v) is 3.06. The summed E-state index contributed by atoms with van der Waals surface area (Å²) in [6.45, 7) is 4.04. The molecule has 0 bridgehead atoms. The van der Waals surface area contributed by atoms with Crippen LogP contribution in [0.4, 0.5) is 11.4 Å². The molecule has 0 aliphatic heterocycles. The van der Waals surface area contributed by atoms with Crippen molar-refractivity contribution in [1.29, 1.82) is 0 Å². The van der Waals surface area contributed by atoms with Crippen molar-refractivity contribution in [1.82, 2.24) is 0 Å². The first kappa shape index (κ1) is 8.87. The molecular formula is C9H15N3. The predicted octanol–water partition coefficient (Wildman–Crippen LogP) is 1.36. The zero-order chi connectivity index (χ0) is 9.14. The minimum atomic E-state index is 0.259. The standard InChI is InChI=1S/C9H15N3/c1-7(2)12(11)9-6-4-3-5-8(9)10/h3-7H,10-11H2,1-2H3.